The summed E-state index contributed by atoms with van der Waals surface area (Å²) in [5.41, 5.74) is 1.65. The van der Waals surface area contributed by atoms with E-state index >= 15 is 0 Å². The number of rotatable bonds is 3. The standard InChI is InChI=1S/C15H19N3O/c16-10-12-5-7-13(8-6-12)11-18-15(19)14-4-2-1-3-9-17-14/h5-8,14,17H,1-4,9,11H2,(H,18,19). The SMILES string of the molecule is N#Cc1ccc(CNC(=O)C2CCCCCN2)cc1. The number of nitrogens with one attached hydrogen (secondary N) is 2. The zero-order valence-electron chi connectivity index (χ0n) is 11.0. The Bertz CT molecular complexity index is 453. The Morgan fingerprint density at radius 2 is 2.11 bits per heavy atom. The molecule has 1 fully saturated rings. The van der Waals surface area contributed by atoms with Gasteiger partial charge in [0.15, 0.2) is 0 Å². The van der Waals surface area contributed by atoms with E-state index in [4.69, 9.17) is 5.26 Å². The molecule has 4 nitrogen and oxygen atoms in total. The lowest BCUT2D eigenvalue weighted by atomic mass is 10.1. The summed E-state index contributed by atoms with van der Waals surface area (Å²) in [6.45, 7) is 1.44. The third kappa shape index (κ3) is 4.08. The monoisotopic (exact) mass is 257 g/mol. The molecule has 1 amide bonds. The molecule has 19 heavy (non-hydrogen) atoms. The summed E-state index contributed by atoms with van der Waals surface area (Å²) in [5, 5.41) is 14.9. The topological polar surface area (TPSA) is 64.9 Å². The van der Waals surface area contributed by atoms with Crippen LogP contribution >= 0.6 is 0 Å². The van der Waals surface area contributed by atoms with Gasteiger partial charge < -0.3 is 10.6 Å². The van der Waals surface area contributed by atoms with Crippen molar-refractivity contribution in [3.8, 4) is 6.07 Å². The summed E-state index contributed by atoms with van der Waals surface area (Å²) in [7, 11) is 0. The average molecular weight is 257 g/mol. The second-order valence-corrected chi connectivity index (χ2v) is 4.88. The Kier molecular flexibility index (Phi) is 4.93. The second-order valence-electron chi connectivity index (χ2n) is 4.88. The van der Waals surface area contributed by atoms with Crippen molar-refractivity contribution < 1.29 is 4.79 Å². The maximum absolute atomic E-state index is 12.0. The van der Waals surface area contributed by atoms with Gasteiger partial charge in [-0.05, 0) is 37.1 Å². The van der Waals surface area contributed by atoms with Gasteiger partial charge in [-0.3, -0.25) is 4.79 Å². The fourth-order valence-corrected chi connectivity index (χ4v) is 2.26. The van der Waals surface area contributed by atoms with Gasteiger partial charge in [0, 0.05) is 6.54 Å². The molecule has 4 heteroatoms. The largest absolute Gasteiger partial charge is 0.351 e. The van der Waals surface area contributed by atoms with Gasteiger partial charge in [-0.25, -0.2) is 0 Å². The maximum atomic E-state index is 12.0. The summed E-state index contributed by atoms with van der Waals surface area (Å²) in [6, 6.07) is 9.31. The molecular formula is C15H19N3O. The van der Waals surface area contributed by atoms with Crippen LogP contribution < -0.4 is 10.6 Å². The van der Waals surface area contributed by atoms with E-state index in [1.54, 1.807) is 12.1 Å². The minimum atomic E-state index is -0.0547. The average Bonchev–Trinajstić information content (AvgIpc) is 2.74. The molecular weight excluding hydrogens is 238 g/mol. The highest BCUT2D eigenvalue weighted by Crippen LogP contribution is 2.09. The van der Waals surface area contributed by atoms with Gasteiger partial charge in [-0.15, -0.1) is 0 Å². The van der Waals surface area contributed by atoms with Crippen molar-refractivity contribution in [2.45, 2.75) is 38.3 Å². The Morgan fingerprint density at radius 3 is 2.84 bits per heavy atom. The van der Waals surface area contributed by atoms with Gasteiger partial charge in [-0.2, -0.15) is 5.26 Å². The van der Waals surface area contributed by atoms with Crippen molar-refractivity contribution in [2.24, 2.45) is 0 Å². The number of carbonyl (C=O) groups is 1. The summed E-state index contributed by atoms with van der Waals surface area (Å²) in [6.07, 6.45) is 4.38. The van der Waals surface area contributed by atoms with Crippen molar-refractivity contribution in [1.29, 1.82) is 5.26 Å². The normalized spacial score (nSPS) is 19.2. The van der Waals surface area contributed by atoms with Crippen molar-refractivity contribution >= 4 is 5.91 Å². The molecule has 2 N–H and O–H groups in total. The van der Waals surface area contributed by atoms with Crippen LogP contribution in [0.1, 0.15) is 36.8 Å². The molecule has 0 aliphatic carbocycles. The van der Waals surface area contributed by atoms with Gasteiger partial charge in [0.1, 0.15) is 0 Å². The first kappa shape index (κ1) is 13.6. The highest BCUT2D eigenvalue weighted by molar-refractivity contribution is 5.81. The van der Waals surface area contributed by atoms with E-state index in [1.807, 2.05) is 12.1 Å². The zero-order valence-corrected chi connectivity index (χ0v) is 11.0. The van der Waals surface area contributed by atoms with Crippen LogP contribution in [0.15, 0.2) is 24.3 Å². The molecule has 0 aromatic heterocycles. The fraction of sp³-hybridized carbons (Fsp3) is 0.467. The Balaban J connectivity index is 1.83. The Labute approximate surface area is 113 Å². The Morgan fingerprint density at radius 1 is 1.32 bits per heavy atom. The molecule has 100 valence electrons. The Hall–Kier alpha value is -1.86. The predicted molar refractivity (Wildman–Crippen MR) is 73.3 cm³/mol. The quantitative estimate of drug-likeness (QED) is 0.866. The highest BCUT2D eigenvalue weighted by Gasteiger charge is 2.18. The van der Waals surface area contributed by atoms with Crippen LogP contribution in [0.4, 0.5) is 0 Å². The van der Waals surface area contributed by atoms with E-state index in [9.17, 15) is 4.79 Å². The van der Waals surface area contributed by atoms with Gasteiger partial charge in [0.2, 0.25) is 5.91 Å². The molecule has 2 rings (SSSR count). The van der Waals surface area contributed by atoms with Crippen molar-refractivity contribution in [3.63, 3.8) is 0 Å². The predicted octanol–water partition coefficient (Wildman–Crippen LogP) is 1.71. The van der Waals surface area contributed by atoms with E-state index in [-0.39, 0.29) is 11.9 Å². The van der Waals surface area contributed by atoms with Crippen molar-refractivity contribution in [2.75, 3.05) is 6.54 Å². The lowest BCUT2D eigenvalue weighted by molar-refractivity contribution is -0.123. The number of hydrogen-bond donors (Lipinski definition) is 2. The van der Waals surface area contributed by atoms with Gasteiger partial charge in [-0.1, -0.05) is 25.0 Å². The lowest BCUT2D eigenvalue weighted by Crippen LogP contribution is -2.43. The van der Waals surface area contributed by atoms with Crippen LogP contribution in [0.2, 0.25) is 0 Å². The summed E-state index contributed by atoms with van der Waals surface area (Å²) >= 11 is 0. The molecule has 0 saturated carbocycles. The molecule has 1 heterocycles. The molecule has 1 unspecified atom stereocenters. The third-order valence-electron chi connectivity index (χ3n) is 3.43. The molecule has 0 radical (unpaired) electrons. The molecule has 1 aromatic rings. The van der Waals surface area contributed by atoms with Crippen LogP contribution in [-0.2, 0) is 11.3 Å². The van der Waals surface area contributed by atoms with Gasteiger partial charge in [0.05, 0.1) is 17.7 Å². The summed E-state index contributed by atoms with van der Waals surface area (Å²) in [5.74, 6) is 0.0752. The zero-order chi connectivity index (χ0) is 13.5. The first-order valence-corrected chi connectivity index (χ1v) is 6.80. The number of amides is 1. The first-order valence-electron chi connectivity index (χ1n) is 6.80. The van der Waals surface area contributed by atoms with Crippen LogP contribution in [0.5, 0.6) is 0 Å². The first-order chi connectivity index (χ1) is 9.29. The second kappa shape index (κ2) is 6.91. The van der Waals surface area contributed by atoms with Crippen molar-refractivity contribution in [3.05, 3.63) is 35.4 Å². The highest BCUT2D eigenvalue weighted by atomic mass is 16.2. The molecule has 1 aliphatic heterocycles. The molecule has 0 bridgehead atoms. The number of hydrogen-bond acceptors (Lipinski definition) is 3. The van der Waals surface area contributed by atoms with Crippen molar-refractivity contribution in [1.82, 2.24) is 10.6 Å². The van der Waals surface area contributed by atoms with Gasteiger partial charge >= 0.3 is 0 Å². The molecule has 0 spiro atoms. The maximum Gasteiger partial charge on any atom is 0.237 e. The molecule has 1 aliphatic rings. The number of carbonyl (C=O) groups excluding carboxylic acids is 1. The van der Waals surface area contributed by atoms with E-state index in [2.05, 4.69) is 16.7 Å². The van der Waals surface area contributed by atoms with E-state index in [0.717, 1.165) is 31.4 Å². The molecule has 1 atom stereocenters. The summed E-state index contributed by atoms with van der Waals surface area (Å²) < 4.78 is 0. The minimum absolute atomic E-state index is 0.0547. The number of nitriles is 1. The van der Waals surface area contributed by atoms with Crippen LogP contribution in [0.3, 0.4) is 0 Å². The lowest BCUT2D eigenvalue weighted by Gasteiger charge is -2.15. The van der Waals surface area contributed by atoms with E-state index in [1.165, 1.54) is 6.42 Å². The summed E-state index contributed by atoms with van der Waals surface area (Å²) in [4.78, 5) is 12.0. The van der Waals surface area contributed by atoms with Crippen LogP contribution in [0.25, 0.3) is 0 Å². The van der Waals surface area contributed by atoms with E-state index in [0.29, 0.717) is 12.1 Å². The van der Waals surface area contributed by atoms with Gasteiger partial charge in [0.25, 0.3) is 0 Å². The smallest absolute Gasteiger partial charge is 0.237 e. The van der Waals surface area contributed by atoms with E-state index < -0.39 is 0 Å². The fourth-order valence-electron chi connectivity index (χ4n) is 2.26. The van der Waals surface area contributed by atoms with Crippen LogP contribution in [-0.4, -0.2) is 18.5 Å². The molecule has 1 aromatic carbocycles. The molecule has 1 saturated heterocycles. The third-order valence-corrected chi connectivity index (χ3v) is 3.43. The minimum Gasteiger partial charge on any atom is -0.351 e. The number of nitrogens with zero attached hydrogens (tertiary/aromatic N) is 1. The van der Waals surface area contributed by atoms with Crippen LogP contribution in [0, 0.1) is 11.3 Å². The number of benzene rings is 1.